The molecule has 0 aliphatic carbocycles. The lowest BCUT2D eigenvalue weighted by atomic mass is 10.2. The predicted octanol–water partition coefficient (Wildman–Crippen LogP) is 1.80. The van der Waals surface area contributed by atoms with E-state index in [4.69, 9.17) is 14.6 Å². The van der Waals surface area contributed by atoms with Crippen molar-refractivity contribution in [2.75, 3.05) is 14.2 Å². The zero-order valence-corrected chi connectivity index (χ0v) is 9.66. The fraction of sp³-hybridized carbons (Fsp3) is 0.333. The first-order chi connectivity index (χ1) is 6.22. The molecule has 0 spiro atoms. The first-order valence-electron chi connectivity index (χ1n) is 3.74. The molecule has 0 fully saturated rings. The number of benzene rings is 1. The van der Waals surface area contributed by atoms with Gasteiger partial charge in [0.2, 0.25) is 0 Å². The van der Waals surface area contributed by atoms with Crippen LogP contribution in [-0.2, 0) is 6.61 Å². The average Bonchev–Trinajstić information content (AvgIpc) is 2.16. The van der Waals surface area contributed by atoms with Gasteiger partial charge < -0.3 is 14.6 Å². The topological polar surface area (TPSA) is 38.7 Å². The summed E-state index contributed by atoms with van der Waals surface area (Å²) in [6.07, 6.45) is 0. The summed E-state index contributed by atoms with van der Waals surface area (Å²) in [5.74, 6) is 1.25. The molecule has 0 aromatic heterocycles. The van der Waals surface area contributed by atoms with Crippen LogP contribution in [0.4, 0.5) is 0 Å². The largest absolute Gasteiger partial charge is 0.493 e. The van der Waals surface area contributed by atoms with Gasteiger partial charge in [-0.05, 0) is 34.7 Å². The van der Waals surface area contributed by atoms with Gasteiger partial charge in [-0.1, -0.05) is 0 Å². The second kappa shape index (κ2) is 4.66. The van der Waals surface area contributed by atoms with Crippen molar-refractivity contribution in [2.24, 2.45) is 0 Å². The Morgan fingerprint density at radius 2 is 2.00 bits per heavy atom. The van der Waals surface area contributed by atoms with Crippen molar-refractivity contribution in [1.29, 1.82) is 0 Å². The van der Waals surface area contributed by atoms with Crippen LogP contribution in [0.1, 0.15) is 5.56 Å². The molecule has 0 heterocycles. The Balaban J connectivity index is 3.25. The Labute approximate surface area is 90.8 Å². The molecular formula is C9H11IO3. The maximum Gasteiger partial charge on any atom is 0.166 e. The molecule has 0 atom stereocenters. The van der Waals surface area contributed by atoms with Gasteiger partial charge in [-0.15, -0.1) is 0 Å². The molecule has 0 saturated carbocycles. The highest BCUT2D eigenvalue weighted by molar-refractivity contribution is 14.1. The fourth-order valence-corrected chi connectivity index (χ4v) is 1.78. The van der Waals surface area contributed by atoms with E-state index in [0.717, 1.165) is 9.13 Å². The average molecular weight is 294 g/mol. The molecule has 0 aliphatic heterocycles. The van der Waals surface area contributed by atoms with E-state index in [1.807, 2.05) is 12.1 Å². The molecule has 4 heteroatoms. The Kier molecular flexibility index (Phi) is 3.80. The maximum atomic E-state index is 9.06. The first kappa shape index (κ1) is 10.6. The minimum absolute atomic E-state index is 0.0453. The zero-order chi connectivity index (χ0) is 9.84. The van der Waals surface area contributed by atoms with Crippen LogP contribution >= 0.6 is 22.6 Å². The number of halogens is 1. The smallest absolute Gasteiger partial charge is 0.166 e. The van der Waals surface area contributed by atoms with Gasteiger partial charge in [0.1, 0.15) is 0 Å². The molecule has 0 unspecified atom stereocenters. The Hall–Kier alpha value is -0.490. The number of hydrogen-bond acceptors (Lipinski definition) is 3. The van der Waals surface area contributed by atoms with E-state index in [1.165, 1.54) is 0 Å². The number of hydrogen-bond donors (Lipinski definition) is 1. The summed E-state index contributed by atoms with van der Waals surface area (Å²) < 4.78 is 11.3. The third-order valence-corrected chi connectivity index (χ3v) is 2.31. The molecule has 1 aromatic rings. The molecule has 72 valence electrons. The summed E-state index contributed by atoms with van der Waals surface area (Å²) in [7, 11) is 3.14. The van der Waals surface area contributed by atoms with Crippen LogP contribution in [-0.4, -0.2) is 19.3 Å². The Morgan fingerprint density at radius 1 is 1.31 bits per heavy atom. The Morgan fingerprint density at radius 3 is 2.46 bits per heavy atom. The second-order valence-electron chi connectivity index (χ2n) is 2.46. The van der Waals surface area contributed by atoms with Crippen molar-refractivity contribution in [3.63, 3.8) is 0 Å². The number of ether oxygens (including phenoxy) is 2. The maximum absolute atomic E-state index is 9.06. The SMILES string of the molecule is COc1cc(I)cc(CO)c1OC. The summed E-state index contributed by atoms with van der Waals surface area (Å²) >= 11 is 2.16. The van der Waals surface area contributed by atoms with Crippen molar-refractivity contribution >= 4 is 22.6 Å². The predicted molar refractivity (Wildman–Crippen MR) is 58.2 cm³/mol. The molecule has 0 radical (unpaired) electrons. The lowest BCUT2D eigenvalue weighted by molar-refractivity contribution is 0.269. The molecule has 1 rings (SSSR count). The monoisotopic (exact) mass is 294 g/mol. The van der Waals surface area contributed by atoms with Crippen LogP contribution in [0, 0.1) is 3.57 Å². The van der Waals surface area contributed by atoms with Crippen LogP contribution in [0.5, 0.6) is 11.5 Å². The van der Waals surface area contributed by atoms with E-state index in [2.05, 4.69) is 22.6 Å². The summed E-state index contributed by atoms with van der Waals surface area (Å²) in [4.78, 5) is 0. The van der Waals surface area contributed by atoms with Gasteiger partial charge >= 0.3 is 0 Å². The van der Waals surface area contributed by atoms with Gasteiger partial charge in [0, 0.05) is 9.13 Å². The van der Waals surface area contributed by atoms with Crippen LogP contribution in [0.25, 0.3) is 0 Å². The second-order valence-corrected chi connectivity index (χ2v) is 3.70. The quantitative estimate of drug-likeness (QED) is 0.864. The summed E-state index contributed by atoms with van der Waals surface area (Å²) in [6.45, 7) is -0.0453. The molecule has 1 N–H and O–H groups in total. The highest BCUT2D eigenvalue weighted by atomic mass is 127. The molecule has 13 heavy (non-hydrogen) atoms. The van der Waals surface area contributed by atoms with Crippen molar-refractivity contribution in [2.45, 2.75) is 6.61 Å². The molecule has 3 nitrogen and oxygen atoms in total. The van der Waals surface area contributed by atoms with E-state index in [-0.39, 0.29) is 6.61 Å². The number of aliphatic hydroxyl groups excluding tert-OH is 1. The molecule has 0 aliphatic rings. The Bertz CT molecular complexity index is 274. The lowest BCUT2D eigenvalue weighted by Gasteiger charge is -2.11. The van der Waals surface area contributed by atoms with Gasteiger partial charge in [-0.25, -0.2) is 0 Å². The van der Waals surface area contributed by atoms with Gasteiger partial charge in [0.05, 0.1) is 20.8 Å². The van der Waals surface area contributed by atoms with Crippen LogP contribution < -0.4 is 9.47 Å². The summed E-state index contributed by atoms with van der Waals surface area (Å²) in [5.41, 5.74) is 0.742. The summed E-state index contributed by atoms with van der Waals surface area (Å²) in [6, 6.07) is 3.72. The van der Waals surface area contributed by atoms with Crippen LogP contribution in [0.2, 0.25) is 0 Å². The third kappa shape index (κ3) is 2.25. The highest BCUT2D eigenvalue weighted by Gasteiger charge is 2.10. The minimum atomic E-state index is -0.0453. The highest BCUT2D eigenvalue weighted by Crippen LogP contribution is 2.32. The fourth-order valence-electron chi connectivity index (χ4n) is 1.12. The van der Waals surface area contributed by atoms with E-state index in [1.54, 1.807) is 14.2 Å². The molecular weight excluding hydrogens is 283 g/mol. The minimum Gasteiger partial charge on any atom is -0.493 e. The van der Waals surface area contributed by atoms with Crippen molar-refractivity contribution in [1.82, 2.24) is 0 Å². The molecule has 0 amide bonds. The zero-order valence-electron chi connectivity index (χ0n) is 7.50. The van der Waals surface area contributed by atoms with E-state index in [9.17, 15) is 0 Å². The third-order valence-electron chi connectivity index (χ3n) is 1.69. The number of aliphatic hydroxyl groups is 1. The normalized spacial score (nSPS) is 9.85. The van der Waals surface area contributed by atoms with Gasteiger partial charge in [-0.3, -0.25) is 0 Å². The standard InChI is InChI=1S/C9H11IO3/c1-12-8-4-7(10)3-6(5-11)9(8)13-2/h3-4,11H,5H2,1-2H3. The molecule has 0 saturated heterocycles. The number of methoxy groups -OCH3 is 2. The molecule has 1 aromatic carbocycles. The lowest BCUT2D eigenvalue weighted by Crippen LogP contribution is -1.96. The van der Waals surface area contributed by atoms with E-state index < -0.39 is 0 Å². The summed E-state index contributed by atoms with van der Waals surface area (Å²) in [5, 5.41) is 9.06. The van der Waals surface area contributed by atoms with Crippen LogP contribution in [0.3, 0.4) is 0 Å². The van der Waals surface area contributed by atoms with Gasteiger partial charge in [0.15, 0.2) is 11.5 Å². The van der Waals surface area contributed by atoms with Crippen LogP contribution in [0.15, 0.2) is 12.1 Å². The van der Waals surface area contributed by atoms with Gasteiger partial charge in [0.25, 0.3) is 0 Å². The van der Waals surface area contributed by atoms with E-state index in [0.29, 0.717) is 11.5 Å². The van der Waals surface area contributed by atoms with Gasteiger partial charge in [-0.2, -0.15) is 0 Å². The van der Waals surface area contributed by atoms with Crippen molar-refractivity contribution < 1.29 is 14.6 Å². The number of rotatable bonds is 3. The van der Waals surface area contributed by atoms with Crippen molar-refractivity contribution in [3.8, 4) is 11.5 Å². The van der Waals surface area contributed by atoms with E-state index >= 15 is 0 Å². The van der Waals surface area contributed by atoms with Crippen molar-refractivity contribution in [3.05, 3.63) is 21.3 Å². The first-order valence-corrected chi connectivity index (χ1v) is 4.82. The molecule has 0 bridgehead atoms.